The molecule has 2 aromatic rings. The third-order valence-corrected chi connectivity index (χ3v) is 3.71. The highest BCUT2D eigenvalue weighted by Gasteiger charge is 2.44. The zero-order chi connectivity index (χ0) is 16.6. The van der Waals surface area contributed by atoms with E-state index in [0.717, 1.165) is 0 Å². The van der Waals surface area contributed by atoms with Gasteiger partial charge < -0.3 is 30.5 Å². The first-order valence-electron chi connectivity index (χ1n) is 6.93. The Morgan fingerprint density at radius 2 is 2.13 bits per heavy atom. The molecule has 0 radical (unpaired) electrons. The second kappa shape index (κ2) is 6.45. The molecule has 23 heavy (non-hydrogen) atoms. The highest BCUT2D eigenvalue weighted by Crippen LogP contribution is 2.32. The third-order valence-electron chi connectivity index (χ3n) is 3.53. The average molecular weight is 343 g/mol. The second-order valence-electron chi connectivity index (χ2n) is 5.01. The van der Waals surface area contributed by atoms with Gasteiger partial charge in [-0.3, -0.25) is 4.57 Å². The van der Waals surface area contributed by atoms with Gasteiger partial charge in [0.25, 0.3) is 0 Å². The van der Waals surface area contributed by atoms with Crippen LogP contribution in [-0.4, -0.2) is 72.1 Å². The lowest BCUT2D eigenvalue weighted by Crippen LogP contribution is -2.33. The number of fused-ring (bicyclic) bond motifs is 1. The number of nitrogens with two attached hydrogens (primary N) is 1. The predicted octanol–water partition coefficient (Wildman–Crippen LogP) is -1.67. The molecule has 1 fully saturated rings. The van der Waals surface area contributed by atoms with Crippen molar-refractivity contribution in [2.24, 2.45) is 0 Å². The van der Waals surface area contributed by atoms with Crippen LogP contribution in [0.2, 0.25) is 0 Å². The smallest absolute Gasteiger partial charge is 0.247 e. The van der Waals surface area contributed by atoms with E-state index in [1.54, 1.807) is 0 Å². The Balaban J connectivity index is 2.01. The molecule has 0 aliphatic carbocycles. The van der Waals surface area contributed by atoms with Crippen LogP contribution in [0.15, 0.2) is 6.33 Å². The molecular formula is C12H17N5O5S. The lowest BCUT2D eigenvalue weighted by molar-refractivity contribution is -0.0511. The maximum absolute atomic E-state index is 10.1. The van der Waals surface area contributed by atoms with Gasteiger partial charge in [0, 0.05) is 5.75 Å². The van der Waals surface area contributed by atoms with Gasteiger partial charge in [-0.25, -0.2) is 4.98 Å². The molecule has 0 bridgehead atoms. The van der Waals surface area contributed by atoms with E-state index in [9.17, 15) is 15.3 Å². The Labute approximate surface area is 136 Å². The first kappa shape index (κ1) is 16.2. The van der Waals surface area contributed by atoms with Gasteiger partial charge in [0.2, 0.25) is 11.8 Å². The van der Waals surface area contributed by atoms with Gasteiger partial charge in [0.05, 0.1) is 19.5 Å². The van der Waals surface area contributed by atoms with Gasteiger partial charge in [0.15, 0.2) is 17.4 Å². The summed E-state index contributed by atoms with van der Waals surface area (Å²) in [5, 5.41) is 29.2. The van der Waals surface area contributed by atoms with Crippen LogP contribution in [0, 0.1) is 0 Å². The normalized spacial score (nSPS) is 27.7. The fourth-order valence-corrected chi connectivity index (χ4v) is 2.54. The molecule has 11 heteroatoms. The molecule has 0 unspecified atom stereocenters. The molecule has 126 valence electrons. The van der Waals surface area contributed by atoms with Crippen molar-refractivity contribution in [3.63, 3.8) is 0 Å². The van der Waals surface area contributed by atoms with Crippen LogP contribution < -0.4 is 10.5 Å². The summed E-state index contributed by atoms with van der Waals surface area (Å²) >= 11 is 4.06. The van der Waals surface area contributed by atoms with Crippen LogP contribution in [0.3, 0.4) is 0 Å². The van der Waals surface area contributed by atoms with Gasteiger partial charge in [-0.15, -0.1) is 0 Å². The fourth-order valence-electron chi connectivity index (χ4n) is 2.45. The molecule has 1 saturated heterocycles. The average Bonchev–Trinajstić information content (AvgIpc) is 3.07. The summed E-state index contributed by atoms with van der Waals surface area (Å²) in [7, 11) is 0. The quantitative estimate of drug-likeness (QED) is 0.402. The molecule has 0 saturated carbocycles. The maximum Gasteiger partial charge on any atom is 0.247 e. The molecule has 1 aliphatic heterocycles. The fraction of sp³-hybridized carbons (Fsp3) is 0.583. The third kappa shape index (κ3) is 2.81. The van der Waals surface area contributed by atoms with Crippen molar-refractivity contribution in [3.8, 4) is 5.88 Å². The molecule has 2 aromatic heterocycles. The molecule has 3 rings (SSSR count). The van der Waals surface area contributed by atoms with E-state index in [2.05, 4.69) is 27.6 Å². The minimum atomic E-state index is -1.25. The number of anilines is 1. The minimum Gasteiger partial charge on any atom is -0.475 e. The van der Waals surface area contributed by atoms with E-state index in [1.807, 2.05) is 0 Å². The Kier molecular flexibility index (Phi) is 4.55. The molecule has 0 spiro atoms. The number of hydrogen-bond acceptors (Lipinski definition) is 10. The summed E-state index contributed by atoms with van der Waals surface area (Å²) in [6.45, 7) is -0.107. The van der Waals surface area contributed by atoms with Crippen LogP contribution >= 0.6 is 12.6 Å². The van der Waals surface area contributed by atoms with Gasteiger partial charge in [-0.1, -0.05) is 0 Å². The molecule has 10 nitrogen and oxygen atoms in total. The summed E-state index contributed by atoms with van der Waals surface area (Å²) in [5.41, 5.74) is 6.32. The second-order valence-corrected chi connectivity index (χ2v) is 5.46. The topological polar surface area (TPSA) is 149 Å². The number of aromatic nitrogens is 4. The molecule has 0 amide bonds. The van der Waals surface area contributed by atoms with Gasteiger partial charge in [-0.2, -0.15) is 22.6 Å². The number of aliphatic hydroxyl groups is 3. The molecule has 5 N–H and O–H groups in total. The lowest BCUT2D eigenvalue weighted by atomic mass is 10.1. The van der Waals surface area contributed by atoms with Crippen molar-refractivity contribution in [2.75, 3.05) is 24.7 Å². The van der Waals surface area contributed by atoms with Gasteiger partial charge in [0.1, 0.15) is 18.3 Å². The van der Waals surface area contributed by atoms with E-state index in [0.29, 0.717) is 23.5 Å². The van der Waals surface area contributed by atoms with Crippen molar-refractivity contribution in [3.05, 3.63) is 6.33 Å². The van der Waals surface area contributed by atoms with Crippen molar-refractivity contribution >= 4 is 29.7 Å². The largest absolute Gasteiger partial charge is 0.475 e. The van der Waals surface area contributed by atoms with Gasteiger partial charge in [-0.05, 0) is 0 Å². The number of rotatable bonds is 5. The lowest BCUT2D eigenvalue weighted by Gasteiger charge is -2.16. The highest BCUT2D eigenvalue weighted by atomic mass is 32.1. The number of nitrogen functional groups attached to an aromatic ring is 1. The Morgan fingerprint density at radius 1 is 1.35 bits per heavy atom. The summed E-state index contributed by atoms with van der Waals surface area (Å²) in [5.74, 6) is 0.660. The van der Waals surface area contributed by atoms with E-state index >= 15 is 0 Å². The number of ether oxygens (including phenoxy) is 2. The zero-order valence-electron chi connectivity index (χ0n) is 12.0. The molecule has 0 aromatic carbocycles. The first-order chi connectivity index (χ1) is 11.1. The minimum absolute atomic E-state index is 0.0276. The number of aliphatic hydroxyl groups excluding tert-OH is 3. The van der Waals surface area contributed by atoms with Crippen LogP contribution in [0.25, 0.3) is 11.2 Å². The maximum atomic E-state index is 10.1. The zero-order valence-corrected chi connectivity index (χ0v) is 12.9. The predicted molar refractivity (Wildman–Crippen MR) is 82.1 cm³/mol. The number of thiol groups is 1. The van der Waals surface area contributed by atoms with Crippen molar-refractivity contribution < 1.29 is 24.8 Å². The number of hydrogen-bond donors (Lipinski definition) is 5. The van der Waals surface area contributed by atoms with Crippen LogP contribution in [0.5, 0.6) is 5.88 Å². The molecular weight excluding hydrogens is 326 g/mol. The highest BCUT2D eigenvalue weighted by molar-refractivity contribution is 7.80. The monoisotopic (exact) mass is 343 g/mol. The first-order valence-corrected chi connectivity index (χ1v) is 7.56. The van der Waals surface area contributed by atoms with E-state index in [1.165, 1.54) is 10.9 Å². The van der Waals surface area contributed by atoms with E-state index in [-0.39, 0.29) is 11.8 Å². The van der Waals surface area contributed by atoms with Crippen LogP contribution in [-0.2, 0) is 4.74 Å². The van der Waals surface area contributed by atoms with Gasteiger partial charge >= 0.3 is 0 Å². The Hall–Kier alpha value is -1.66. The van der Waals surface area contributed by atoms with Crippen LogP contribution in [0.1, 0.15) is 6.23 Å². The summed E-state index contributed by atoms with van der Waals surface area (Å²) in [6.07, 6.45) is -2.94. The van der Waals surface area contributed by atoms with Crippen molar-refractivity contribution in [1.29, 1.82) is 0 Å². The SMILES string of the molecule is Nc1nc(OCCS)c2ncn([C@@H]3O[C@H](CO)[C@@H](O)[C@H]3O)c2n1. The van der Waals surface area contributed by atoms with Crippen molar-refractivity contribution in [2.45, 2.75) is 24.5 Å². The summed E-state index contributed by atoms with van der Waals surface area (Å²) in [4.78, 5) is 12.2. The van der Waals surface area contributed by atoms with Crippen LogP contribution in [0.4, 0.5) is 5.95 Å². The van der Waals surface area contributed by atoms with E-state index in [4.69, 9.17) is 15.2 Å². The molecule has 4 atom stereocenters. The molecule has 3 heterocycles. The van der Waals surface area contributed by atoms with Crippen molar-refractivity contribution in [1.82, 2.24) is 19.5 Å². The summed E-state index contributed by atoms with van der Waals surface area (Å²) < 4.78 is 12.3. The Bertz CT molecular complexity index is 698. The van der Waals surface area contributed by atoms with E-state index < -0.39 is 31.1 Å². The number of imidazole rings is 1. The number of nitrogens with zero attached hydrogens (tertiary/aromatic N) is 4. The molecule has 1 aliphatic rings. The Morgan fingerprint density at radius 3 is 2.78 bits per heavy atom. The summed E-state index contributed by atoms with van der Waals surface area (Å²) in [6, 6.07) is 0. The standard InChI is InChI=1S/C12H17N5O5S/c13-12-15-9-6(10(16-12)21-1-2-23)14-4-17(9)11-8(20)7(19)5(3-18)22-11/h4-5,7-8,11,18-20,23H,1-3H2,(H2,13,15,16)/t5-,7-,8-,11-/m1/s1.